The number of carbonyl (C=O) groups excluding carboxylic acids is 1. The Morgan fingerprint density at radius 1 is 1.33 bits per heavy atom. The minimum absolute atomic E-state index is 0.258. The van der Waals surface area contributed by atoms with Crippen molar-refractivity contribution in [3.05, 3.63) is 64.7 Å². The molecule has 2 aromatic heterocycles. The zero-order chi connectivity index (χ0) is 14.8. The lowest BCUT2D eigenvalue weighted by molar-refractivity contribution is 0.102. The van der Waals surface area contributed by atoms with Crippen LogP contribution in [0.25, 0.3) is 5.69 Å². The maximum absolute atomic E-state index is 12.1. The number of aryl methyl sites for hydroxylation is 1. The second kappa shape index (κ2) is 5.57. The summed E-state index contributed by atoms with van der Waals surface area (Å²) in [5.74, 6) is 0.270. The average Bonchev–Trinajstić information content (AvgIpc) is 3.07. The Morgan fingerprint density at radius 2 is 2.10 bits per heavy atom. The molecule has 0 aliphatic rings. The summed E-state index contributed by atoms with van der Waals surface area (Å²) in [5.41, 5.74) is 2.26. The van der Waals surface area contributed by atoms with Gasteiger partial charge in [0.25, 0.3) is 5.91 Å². The number of rotatable bonds is 3. The van der Waals surface area contributed by atoms with Gasteiger partial charge in [0, 0.05) is 17.8 Å². The van der Waals surface area contributed by atoms with Crippen LogP contribution in [0.5, 0.6) is 0 Å². The molecule has 106 valence electrons. The first-order valence-corrected chi connectivity index (χ1v) is 7.10. The maximum atomic E-state index is 12.1. The van der Waals surface area contributed by atoms with Crippen LogP contribution in [-0.4, -0.2) is 15.7 Å². The van der Waals surface area contributed by atoms with Gasteiger partial charge in [-0.25, -0.2) is 4.68 Å². The van der Waals surface area contributed by atoms with Crippen LogP contribution in [0.15, 0.2) is 57.9 Å². The Hall–Kier alpha value is -2.34. The molecule has 0 aliphatic heterocycles. The molecule has 0 unspecified atom stereocenters. The highest BCUT2D eigenvalue weighted by molar-refractivity contribution is 9.10. The van der Waals surface area contributed by atoms with Crippen LogP contribution in [0.1, 0.15) is 15.9 Å². The largest absolute Gasteiger partial charge is 0.457 e. The normalized spacial score (nSPS) is 10.6. The minimum Gasteiger partial charge on any atom is -0.457 e. The molecule has 2 heterocycles. The van der Waals surface area contributed by atoms with Gasteiger partial charge >= 0.3 is 0 Å². The van der Waals surface area contributed by atoms with Crippen molar-refractivity contribution in [2.24, 2.45) is 0 Å². The van der Waals surface area contributed by atoms with Gasteiger partial charge in [0.2, 0.25) is 0 Å². The van der Waals surface area contributed by atoms with Crippen molar-refractivity contribution in [3.63, 3.8) is 0 Å². The number of hydrogen-bond acceptors (Lipinski definition) is 3. The topological polar surface area (TPSA) is 60.1 Å². The number of nitrogens with zero attached hydrogens (tertiary/aromatic N) is 2. The first kappa shape index (κ1) is 13.6. The number of nitrogens with one attached hydrogen (secondary N) is 1. The van der Waals surface area contributed by atoms with Gasteiger partial charge in [0.05, 0.1) is 11.3 Å². The Balaban J connectivity index is 1.84. The Labute approximate surface area is 129 Å². The molecule has 5 nitrogen and oxygen atoms in total. The second-order valence-corrected chi connectivity index (χ2v) is 5.32. The van der Waals surface area contributed by atoms with Crippen molar-refractivity contribution in [1.29, 1.82) is 0 Å². The van der Waals surface area contributed by atoms with Gasteiger partial charge in [-0.15, -0.1) is 5.10 Å². The summed E-state index contributed by atoms with van der Waals surface area (Å²) in [6.07, 6.45) is 3.26. The molecule has 3 rings (SSSR count). The standard InChI is InChI=1S/C15H12BrN3O2/c1-10-8-19(12-5-3-2-4-6-12)18-14(10)17-15(20)11-7-13(16)21-9-11/h2-9H,1H3,(H,17,18,20). The van der Waals surface area contributed by atoms with Crippen LogP contribution in [0, 0.1) is 6.92 Å². The van der Waals surface area contributed by atoms with Crippen LogP contribution in [-0.2, 0) is 0 Å². The molecule has 21 heavy (non-hydrogen) atoms. The first-order chi connectivity index (χ1) is 10.1. The number of halogens is 1. The molecular weight excluding hydrogens is 334 g/mol. The molecule has 0 fully saturated rings. The van der Waals surface area contributed by atoms with Crippen LogP contribution in [0.4, 0.5) is 5.82 Å². The van der Waals surface area contributed by atoms with E-state index in [1.54, 1.807) is 10.7 Å². The number of amides is 1. The number of para-hydroxylation sites is 1. The Kier molecular flexibility index (Phi) is 3.62. The molecule has 0 aliphatic carbocycles. The zero-order valence-electron chi connectivity index (χ0n) is 11.2. The highest BCUT2D eigenvalue weighted by atomic mass is 79.9. The number of benzene rings is 1. The lowest BCUT2D eigenvalue weighted by atomic mass is 10.3. The molecule has 1 aromatic carbocycles. The molecule has 0 spiro atoms. The summed E-state index contributed by atoms with van der Waals surface area (Å²) < 4.78 is 7.30. The fraction of sp³-hybridized carbons (Fsp3) is 0.0667. The molecule has 1 amide bonds. The Bertz CT molecular complexity index is 777. The number of carbonyl (C=O) groups is 1. The van der Waals surface area contributed by atoms with Crippen molar-refractivity contribution in [2.45, 2.75) is 6.92 Å². The lowest BCUT2D eigenvalue weighted by Gasteiger charge is -2.01. The van der Waals surface area contributed by atoms with Crippen LogP contribution in [0.3, 0.4) is 0 Å². The van der Waals surface area contributed by atoms with E-state index < -0.39 is 0 Å². The van der Waals surface area contributed by atoms with Crippen molar-refractivity contribution in [2.75, 3.05) is 5.32 Å². The van der Waals surface area contributed by atoms with Gasteiger partial charge in [0.1, 0.15) is 6.26 Å². The monoisotopic (exact) mass is 345 g/mol. The van der Waals surface area contributed by atoms with E-state index in [0.29, 0.717) is 16.1 Å². The van der Waals surface area contributed by atoms with Crippen LogP contribution >= 0.6 is 15.9 Å². The molecule has 0 atom stereocenters. The van der Waals surface area contributed by atoms with E-state index in [4.69, 9.17) is 4.42 Å². The quantitative estimate of drug-likeness (QED) is 0.785. The lowest BCUT2D eigenvalue weighted by Crippen LogP contribution is -2.12. The van der Waals surface area contributed by atoms with Gasteiger partial charge in [-0.3, -0.25) is 4.79 Å². The first-order valence-electron chi connectivity index (χ1n) is 6.30. The van der Waals surface area contributed by atoms with E-state index in [9.17, 15) is 4.79 Å². The third-order valence-corrected chi connectivity index (χ3v) is 3.40. The van der Waals surface area contributed by atoms with E-state index in [1.165, 1.54) is 6.26 Å². The molecule has 6 heteroatoms. The predicted octanol–water partition coefficient (Wildman–Crippen LogP) is 3.79. The summed E-state index contributed by atoms with van der Waals surface area (Å²) in [4.78, 5) is 12.1. The highest BCUT2D eigenvalue weighted by Gasteiger charge is 2.13. The van der Waals surface area contributed by atoms with Gasteiger partial charge in [-0.05, 0) is 35.0 Å². The fourth-order valence-electron chi connectivity index (χ4n) is 1.91. The molecule has 1 N–H and O–H groups in total. The van der Waals surface area contributed by atoms with Crippen molar-refractivity contribution in [1.82, 2.24) is 9.78 Å². The number of hydrogen-bond donors (Lipinski definition) is 1. The highest BCUT2D eigenvalue weighted by Crippen LogP contribution is 2.18. The van der Waals surface area contributed by atoms with Crippen molar-refractivity contribution >= 4 is 27.7 Å². The molecule has 0 bridgehead atoms. The third-order valence-electron chi connectivity index (χ3n) is 2.98. The number of anilines is 1. The minimum atomic E-state index is -0.258. The Morgan fingerprint density at radius 3 is 2.76 bits per heavy atom. The molecule has 0 radical (unpaired) electrons. The number of aromatic nitrogens is 2. The van der Waals surface area contributed by atoms with Gasteiger partial charge in [0.15, 0.2) is 10.5 Å². The van der Waals surface area contributed by atoms with E-state index in [0.717, 1.165) is 11.3 Å². The molecule has 0 saturated heterocycles. The summed E-state index contributed by atoms with van der Waals surface area (Å²) in [6.45, 7) is 1.90. The third kappa shape index (κ3) is 2.90. The SMILES string of the molecule is Cc1cn(-c2ccccc2)nc1NC(=O)c1coc(Br)c1. The molecule has 0 saturated carbocycles. The van der Waals surface area contributed by atoms with E-state index in [1.807, 2.05) is 43.5 Å². The zero-order valence-corrected chi connectivity index (χ0v) is 12.8. The average molecular weight is 346 g/mol. The summed E-state index contributed by atoms with van der Waals surface area (Å²) in [5, 5.41) is 7.17. The van der Waals surface area contributed by atoms with Crippen molar-refractivity contribution in [3.8, 4) is 5.69 Å². The van der Waals surface area contributed by atoms with Gasteiger partial charge in [-0.2, -0.15) is 0 Å². The molecule has 3 aromatic rings. The summed E-state index contributed by atoms with van der Waals surface area (Å²) in [7, 11) is 0. The van der Waals surface area contributed by atoms with Crippen molar-refractivity contribution < 1.29 is 9.21 Å². The second-order valence-electron chi connectivity index (χ2n) is 4.53. The van der Waals surface area contributed by atoms with Crippen LogP contribution < -0.4 is 5.32 Å². The summed E-state index contributed by atoms with van der Waals surface area (Å²) >= 11 is 3.17. The van der Waals surface area contributed by atoms with E-state index >= 15 is 0 Å². The summed E-state index contributed by atoms with van der Waals surface area (Å²) in [6, 6.07) is 11.3. The van der Waals surface area contributed by atoms with E-state index in [2.05, 4.69) is 26.3 Å². The number of furan rings is 1. The smallest absolute Gasteiger partial charge is 0.260 e. The fourth-order valence-corrected chi connectivity index (χ4v) is 2.25. The van der Waals surface area contributed by atoms with E-state index in [-0.39, 0.29) is 5.91 Å². The van der Waals surface area contributed by atoms with Gasteiger partial charge in [-0.1, -0.05) is 18.2 Å². The van der Waals surface area contributed by atoms with Gasteiger partial charge < -0.3 is 9.73 Å². The predicted molar refractivity (Wildman–Crippen MR) is 82.7 cm³/mol. The maximum Gasteiger partial charge on any atom is 0.260 e. The molecular formula is C15H12BrN3O2. The van der Waals surface area contributed by atoms with Crippen LogP contribution in [0.2, 0.25) is 0 Å².